The highest BCUT2D eigenvalue weighted by Gasteiger charge is 2.43. The Kier molecular flexibility index (Phi) is 3.45. The average Bonchev–Trinajstić information content (AvgIpc) is 2.67. The SMILES string of the molecule is Cc1cccc2c1C(C)(C)C(/C=C/c1ccc(O)cc1)N2N. The van der Waals surface area contributed by atoms with E-state index in [-0.39, 0.29) is 17.2 Å². The van der Waals surface area contributed by atoms with Crippen molar-refractivity contribution in [2.45, 2.75) is 32.2 Å². The highest BCUT2D eigenvalue weighted by molar-refractivity contribution is 5.68. The van der Waals surface area contributed by atoms with E-state index in [0.29, 0.717) is 0 Å². The van der Waals surface area contributed by atoms with E-state index in [1.54, 1.807) is 12.1 Å². The Morgan fingerprint density at radius 3 is 2.45 bits per heavy atom. The zero-order chi connectivity index (χ0) is 15.9. The maximum atomic E-state index is 9.36. The number of aromatic hydroxyl groups is 1. The molecule has 0 fully saturated rings. The van der Waals surface area contributed by atoms with E-state index >= 15 is 0 Å². The van der Waals surface area contributed by atoms with E-state index in [1.807, 2.05) is 17.1 Å². The smallest absolute Gasteiger partial charge is 0.115 e. The van der Waals surface area contributed by atoms with Crippen molar-refractivity contribution >= 4 is 11.8 Å². The Hall–Kier alpha value is -2.26. The van der Waals surface area contributed by atoms with Gasteiger partial charge in [-0.2, -0.15) is 0 Å². The molecule has 0 bridgehead atoms. The molecule has 114 valence electrons. The van der Waals surface area contributed by atoms with E-state index in [4.69, 9.17) is 5.84 Å². The molecule has 0 saturated carbocycles. The van der Waals surface area contributed by atoms with Gasteiger partial charge in [0, 0.05) is 5.41 Å². The summed E-state index contributed by atoms with van der Waals surface area (Å²) in [5.74, 6) is 6.64. The van der Waals surface area contributed by atoms with Gasteiger partial charge in [0.25, 0.3) is 0 Å². The number of hydrogen-bond donors (Lipinski definition) is 2. The van der Waals surface area contributed by atoms with Gasteiger partial charge in [-0.1, -0.05) is 50.3 Å². The lowest BCUT2D eigenvalue weighted by molar-refractivity contribution is 0.475. The molecule has 1 heterocycles. The fraction of sp³-hybridized carbons (Fsp3) is 0.263. The Bertz CT molecular complexity index is 717. The second-order valence-corrected chi connectivity index (χ2v) is 6.49. The van der Waals surface area contributed by atoms with Crippen LogP contribution in [0.4, 0.5) is 5.69 Å². The van der Waals surface area contributed by atoms with E-state index < -0.39 is 0 Å². The van der Waals surface area contributed by atoms with Crippen LogP contribution >= 0.6 is 0 Å². The molecule has 0 saturated heterocycles. The topological polar surface area (TPSA) is 49.5 Å². The van der Waals surface area contributed by atoms with Gasteiger partial charge in [0.15, 0.2) is 0 Å². The number of fused-ring (bicyclic) bond motifs is 1. The van der Waals surface area contributed by atoms with Crippen molar-refractivity contribution in [3.63, 3.8) is 0 Å². The Labute approximate surface area is 131 Å². The van der Waals surface area contributed by atoms with E-state index in [1.165, 1.54) is 11.1 Å². The molecule has 2 aromatic carbocycles. The van der Waals surface area contributed by atoms with Crippen molar-refractivity contribution in [2.75, 3.05) is 5.01 Å². The molecule has 0 amide bonds. The van der Waals surface area contributed by atoms with Crippen LogP contribution in [-0.4, -0.2) is 11.1 Å². The summed E-state index contributed by atoms with van der Waals surface area (Å²) in [5, 5.41) is 11.2. The Balaban J connectivity index is 1.96. The van der Waals surface area contributed by atoms with E-state index in [9.17, 15) is 5.11 Å². The highest BCUT2D eigenvalue weighted by Crippen LogP contribution is 2.45. The summed E-state index contributed by atoms with van der Waals surface area (Å²) in [7, 11) is 0. The highest BCUT2D eigenvalue weighted by atomic mass is 16.3. The quantitative estimate of drug-likeness (QED) is 0.829. The molecule has 22 heavy (non-hydrogen) atoms. The van der Waals surface area contributed by atoms with Crippen molar-refractivity contribution in [2.24, 2.45) is 5.84 Å². The monoisotopic (exact) mass is 294 g/mol. The van der Waals surface area contributed by atoms with Crippen molar-refractivity contribution in [3.8, 4) is 5.75 Å². The molecule has 2 aromatic rings. The number of nitrogens with two attached hydrogens (primary N) is 1. The van der Waals surface area contributed by atoms with Crippen molar-refractivity contribution in [3.05, 3.63) is 65.2 Å². The van der Waals surface area contributed by atoms with Crippen LogP contribution in [0.2, 0.25) is 0 Å². The Morgan fingerprint density at radius 1 is 1.14 bits per heavy atom. The molecule has 1 aliphatic rings. The minimum atomic E-state index is -0.0527. The van der Waals surface area contributed by atoms with Gasteiger partial charge in [0.05, 0.1) is 11.7 Å². The maximum absolute atomic E-state index is 9.36. The molecule has 3 heteroatoms. The fourth-order valence-electron chi connectivity index (χ4n) is 3.47. The van der Waals surface area contributed by atoms with Crippen molar-refractivity contribution in [1.29, 1.82) is 0 Å². The van der Waals surface area contributed by atoms with Crippen LogP contribution in [0.25, 0.3) is 6.08 Å². The third-order valence-electron chi connectivity index (χ3n) is 4.58. The fourth-order valence-corrected chi connectivity index (χ4v) is 3.47. The molecule has 1 atom stereocenters. The standard InChI is InChI=1S/C19H22N2O/c1-13-5-4-6-16-18(13)19(2,3)17(21(16)20)12-9-14-7-10-15(22)11-8-14/h4-12,17,22H,20H2,1-3H3/b12-9+. The van der Waals surface area contributed by atoms with Gasteiger partial charge >= 0.3 is 0 Å². The summed E-state index contributed by atoms with van der Waals surface area (Å²) in [6.45, 7) is 6.61. The molecule has 0 radical (unpaired) electrons. The first-order valence-corrected chi connectivity index (χ1v) is 7.52. The summed E-state index contributed by atoms with van der Waals surface area (Å²) in [6, 6.07) is 13.5. The molecule has 0 aromatic heterocycles. The molecule has 3 rings (SSSR count). The third kappa shape index (κ3) is 2.28. The zero-order valence-corrected chi connectivity index (χ0v) is 13.2. The number of benzene rings is 2. The molecule has 0 spiro atoms. The summed E-state index contributed by atoms with van der Waals surface area (Å²) < 4.78 is 0. The summed E-state index contributed by atoms with van der Waals surface area (Å²) in [5.41, 5.74) is 4.69. The summed E-state index contributed by atoms with van der Waals surface area (Å²) in [6.07, 6.45) is 4.21. The number of rotatable bonds is 2. The van der Waals surface area contributed by atoms with Crippen LogP contribution in [0.5, 0.6) is 5.75 Å². The Morgan fingerprint density at radius 2 is 1.82 bits per heavy atom. The summed E-state index contributed by atoms with van der Waals surface area (Å²) in [4.78, 5) is 0. The van der Waals surface area contributed by atoms with Gasteiger partial charge < -0.3 is 10.1 Å². The van der Waals surface area contributed by atoms with Crippen LogP contribution in [-0.2, 0) is 5.41 Å². The first-order chi connectivity index (χ1) is 10.4. The minimum absolute atomic E-state index is 0.0527. The van der Waals surface area contributed by atoms with Gasteiger partial charge in [-0.25, -0.2) is 5.84 Å². The molecule has 1 unspecified atom stereocenters. The van der Waals surface area contributed by atoms with Crippen LogP contribution in [0.1, 0.15) is 30.5 Å². The van der Waals surface area contributed by atoms with E-state index in [0.717, 1.165) is 11.3 Å². The van der Waals surface area contributed by atoms with Crippen LogP contribution in [0.3, 0.4) is 0 Å². The minimum Gasteiger partial charge on any atom is -0.508 e. The largest absolute Gasteiger partial charge is 0.508 e. The molecule has 1 aliphatic heterocycles. The number of aryl methyl sites for hydroxylation is 1. The molecular formula is C19H22N2O. The molecule has 3 N–H and O–H groups in total. The number of hydrogen-bond acceptors (Lipinski definition) is 3. The van der Waals surface area contributed by atoms with Crippen LogP contribution in [0.15, 0.2) is 48.5 Å². The number of anilines is 1. The van der Waals surface area contributed by atoms with E-state index in [2.05, 4.69) is 51.1 Å². The maximum Gasteiger partial charge on any atom is 0.115 e. The van der Waals surface area contributed by atoms with Crippen molar-refractivity contribution < 1.29 is 5.11 Å². The summed E-state index contributed by atoms with van der Waals surface area (Å²) >= 11 is 0. The average molecular weight is 294 g/mol. The van der Waals surface area contributed by atoms with Gasteiger partial charge in [0.1, 0.15) is 5.75 Å². The second kappa shape index (κ2) is 5.18. The predicted octanol–water partition coefficient (Wildman–Crippen LogP) is 3.75. The molecular weight excluding hydrogens is 272 g/mol. The van der Waals surface area contributed by atoms with Gasteiger partial charge in [-0.15, -0.1) is 0 Å². The first kappa shape index (κ1) is 14.7. The number of nitrogens with zero attached hydrogens (tertiary/aromatic N) is 1. The lowest BCUT2D eigenvalue weighted by Crippen LogP contribution is -2.44. The first-order valence-electron chi connectivity index (χ1n) is 7.52. The predicted molar refractivity (Wildman–Crippen MR) is 91.8 cm³/mol. The molecule has 3 nitrogen and oxygen atoms in total. The van der Waals surface area contributed by atoms with Crippen molar-refractivity contribution in [1.82, 2.24) is 0 Å². The zero-order valence-electron chi connectivity index (χ0n) is 13.2. The van der Waals surface area contributed by atoms with Crippen LogP contribution in [0, 0.1) is 6.92 Å². The van der Waals surface area contributed by atoms with Gasteiger partial charge in [-0.3, -0.25) is 0 Å². The second-order valence-electron chi connectivity index (χ2n) is 6.49. The number of hydrazine groups is 1. The lowest BCUT2D eigenvalue weighted by atomic mass is 9.78. The number of phenolic OH excluding ortho intramolecular Hbond substituents is 1. The van der Waals surface area contributed by atoms with Crippen LogP contribution < -0.4 is 10.9 Å². The lowest BCUT2D eigenvalue weighted by Gasteiger charge is -2.29. The van der Waals surface area contributed by atoms with Gasteiger partial charge in [0.2, 0.25) is 0 Å². The normalized spacial score (nSPS) is 19.6. The number of phenols is 1. The van der Waals surface area contributed by atoms with Gasteiger partial charge in [-0.05, 0) is 41.8 Å². The third-order valence-corrected chi connectivity index (χ3v) is 4.58. The molecule has 0 aliphatic carbocycles.